The number of amides is 1. The van der Waals surface area contributed by atoms with E-state index in [9.17, 15) is 9.00 Å². The Morgan fingerprint density at radius 2 is 2.25 bits per heavy atom. The van der Waals surface area contributed by atoms with Gasteiger partial charge in [-0.1, -0.05) is 6.07 Å². The van der Waals surface area contributed by atoms with Gasteiger partial charge in [0.25, 0.3) is 5.91 Å². The summed E-state index contributed by atoms with van der Waals surface area (Å²) in [7, 11) is -0.792. The fourth-order valence-corrected chi connectivity index (χ4v) is 2.00. The van der Waals surface area contributed by atoms with Crippen LogP contribution in [0.15, 0.2) is 29.2 Å². The van der Waals surface area contributed by atoms with E-state index in [1.807, 2.05) is 6.07 Å². The number of carbonyl (C=O) groups excluding carboxylic acids is 1. The summed E-state index contributed by atoms with van der Waals surface area (Å²) >= 11 is 4.16. The lowest BCUT2D eigenvalue weighted by molar-refractivity contribution is 0.0953. The summed E-state index contributed by atoms with van der Waals surface area (Å²) in [6, 6.07) is 7.07. The van der Waals surface area contributed by atoms with E-state index in [2.05, 4.69) is 17.9 Å². The highest BCUT2D eigenvalue weighted by molar-refractivity contribution is 7.84. The molecule has 3 nitrogen and oxygen atoms in total. The highest BCUT2D eigenvalue weighted by Gasteiger charge is 2.04. The molecule has 0 fully saturated rings. The monoisotopic (exact) mass is 257 g/mol. The van der Waals surface area contributed by atoms with Crippen LogP contribution in [-0.2, 0) is 10.8 Å². The first-order valence-corrected chi connectivity index (χ1v) is 7.14. The van der Waals surface area contributed by atoms with Crippen LogP contribution in [-0.4, -0.2) is 28.7 Å². The molecular weight excluding hydrogens is 242 g/mol. The molecule has 0 bridgehead atoms. The Morgan fingerprint density at radius 1 is 1.50 bits per heavy atom. The normalized spacial score (nSPS) is 12.1. The highest BCUT2D eigenvalue weighted by Crippen LogP contribution is 2.08. The predicted octanol–water partition coefficient (Wildman–Crippen LogP) is 1.47. The zero-order valence-electron chi connectivity index (χ0n) is 9.10. The molecule has 0 saturated heterocycles. The molecule has 0 radical (unpaired) electrons. The molecule has 0 aliphatic carbocycles. The van der Waals surface area contributed by atoms with Gasteiger partial charge in [-0.25, -0.2) is 0 Å². The minimum Gasteiger partial charge on any atom is -0.352 e. The lowest BCUT2D eigenvalue weighted by Crippen LogP contribution is -2.25. The van der Waals surface area contributed by atoms with Gasteiger partial charge in [-0.2, -0.15) is 0 Å². The van der Waals surface area contributed by atoms with Gasteiger partial charge in [0.15, 0.2) is 0 Å². The molecule has 0 aliphatic heterocycles. The SMILES string of the molecule is CS(=O)CCCNC(=O)c1cccc(S)c1. The minimum atomic E-state index is -0.792. The van der Waals surface area contributed by atoms with E-state index in [-0.39, 0.29) is 5.91 Å². The van der Waals surface area contributed by atoms with E-state index in [0.717, 1.165) is 11.3 Å². The largest absolute Gasteiger partial charge is 0.352 e. The topological polar surface area (TPSA) is 46.2 Å². The molecule has 1 rings (SSSR count). The molecule has 88 valence electrons. The van der Waals surface area contributed by atoms with Gasteiger partial charge in [-0.3, -0.25) is 9.00 Å². The molecule has 0 spiro atoms. The number of benzene rings is 1. The molecular formula is C11H15NO2S2. The van der Waals surface area contributed by atoms with Gasteiger partial charge < -0.3 is 5.32 Å². The Kier molecular flexibility index (Phi) is 5.55. The van der Waals surface area contributed by atoms with Gasteiger partial charge in [-0.15, -0.1) is 12.6 Å². The Balaban J connectivity index is 2.38. The second-order valence-corrected chi connectivity index (χ2v) is 5.51. The maximum Gasteiger partial charge on any atom is 0.251 e. The third kappa shape index (κ3) is 4.81. The summed E-state index contributed by atoms with van der Waals surface area (Å²) in [4.78, 5) is 12.4. The van der Waals surface area contributed by atoms with Crippen molar-refractivity contribution >= 4 is 29.3 Å². The summed E-state index contributed by atoms with van der Waals surface area (Å²) in [6.07, 6.45) is 2.39. The lowest BCUT2D eigenvalue weighted by atomic mass is 10.2. The first-order valence-electron chi connectivity index (χ1n) is 4.97. The van der Waals surface area contributed by atoms with Gasteiger partial charge in [0.1, 0.15) is 0 Å². The van der Waals surface area contributed by atoms with Gasteiger partial charge in [-0.05, 0) is 24.6 Å². The predicted molar refractivity (Wildman–Crippen MR) is 69.6 cm³/mol. The molecule has 16 heavy (non-hydrogen) atoms. The third-order valence-corrected chi connectivity index (χ3v) is 3.14. The van der Waals surface area contributed by atoms with Gasteiger partial charge >= 0.3 is 0 Å². The molecule has 0 aliphatic rings. The summed E-state index contributed by atoms with van der Waals surface area (Å²) in [5.41, 5.74) is 0.602. The van der Waals surface area contributed by atoms with E-state index >= 15 is 0 Å². The second kappa shape index (κ2) is 6.70. The number of hydrogen-bond acceptors (Lipinski definition) is 3. The van der Waals surface area contributed by atoms with Gasteiger partial charge in [0.05, 0.1) is 0 Å². The first kappa shape index (κ1) is 13.3. The van der Waals surface area contributed by atoms with Crippen LogP contribution in [0.2, 0.25) is 0 Å². The molecule has 1 atom stereocenters. The van der Waals surface area contributed by atoms with Crippen molar-refractivity contribution in [3.8, 4) is 0 Å². The van der Waals surface area contributed by atoms with Crippen LogP contribution in [0.4, 0.5) is 0 Å². The van der Waals surface area contributed by atoms with Crippen molar-refractivity contribution < 1.29 is 9.00 Å². The fourth-order valence-electron chi connectivity index (χ4n) is 1.23. The molecule has 0 aromatic heterocycles. The van der Waals surface area contributed by atoms with Gasteiger partial charge in [0, 0.05) is 39.8 Å². The minimum absolute atomic E-state index is 0.113. The molecule has 1 N–H and O–H groups in total. The number of nitrogens with one attached hydrogen (secondary N) is 1. The van der Waals surface area contributed by atoms with Crippen molar-refractivity contribution in [3.05, 3.63) is 29.8 Å². The smallest absolute Gasteiger partial charge is 0.251 e. The van der Waals surface area contributed by atoms with E-state index in [4.69, 9.17) is 0 Å². The summed E-state index contributed by atoms with van der Waals surface area (Å²) in [5, 5.41) is 2.77. The van der Waals surface area contributed by atoms with Crippen molar-refractivity contribution in [1.82, 2.24) is 5.32 Å². The lowest BCUT2D eigenvalue weighted by Gasteiger charge is -2.04. The molecule has 0 heterocycles. The maximum absolute atomic E-state index is 11.6. The van der Waals surface area contributed by atoms with Crippen LogP contribution in [0, 0.1) is 0 Å². The summed E-state index contributed by atoms with van der Waals surface area (Å²) < 4.78 is 10.8. The average Bonchev–Trinajstić information content (AvgIpc) is 2.24. The Labute approximate surface area is 103 Å². The first-order chi connectivity index (χ1) is 7.59. The van der Waals surface area contributed by atoms with E-state index in [1.54, 1.807) is 24.5 Å². The second-order valence-electron chi connectivity index (χ2n) is 3.44. The van der Waals surface area contributed by atoms with E-state index < -0.39 is 10.8 Å². The van der Waals surface area contributed by atoms with Crippen LogP contribution in [0.1, 0.15) is 16.8 Å². The standard InChI is InChI=1S/C11H15NO2S2/c1-16(14)7-3-6-12-11(13)9-4-2-5-10(15)8-9/h2,4-5,8,15H,3,6-7H2,1H3,(H,12,13). The van der Waals surface area contributed by atoms with Crippen molar-refractivity contribution in [2.45, 2.75) is 11.3 Å². The number of rotatable bonds is 5. The zero-order valence-corrected chi connectivity index (χ0v) is 10.8. The number of hydrogen-bond donors (Lipinski definition) is 2. The average molecular weight is 257 g/mol. The highest BCUT2D eigenvalue weighted by atomic mass is 32.2. The van der Waals surface area contributed by atoms with E-state index in [0.29, 0.717) is 17.9 Å². The van der Waals surface area contributed by atoms with Crippen molar-refractivity contribution in [2.75, 3.05) is 18.6 Å². The molecule has 0 saturated carbocycles. The fraction of sp³-hybridized carbons (Fsp3) is 0.364. The van der Waals surface area contributed by atoms with Crippen molar-refractivity contribution in [3.63, 3.8) is 0 Å². The third-order valence-electron chi connectivity index (χ3n) is 2.00. The van der Waals surface area contributed by atoms with Crippen molar-refractivity contribution in [1.29, 1.82) is 0 Å². The molecule has 5 heteroatoms. The summed E-state index contributed by atoms with van der Waals surface area (Å²) in [5.74, 6) is 0.505. The van der Waals surface area contributed by atoms with Crippen molar-refractivity contribution in [2.24, 2.45) is 0 Å². The quantitative estimate of drug-likeness (QED) is 0.620. The van der Waals surface area contributed by atoms with Crippen LogP contribution < -0.4 is 5.32 Å². The van der Waals surface area contributed by atoms with Crippen LogP contribution in [0.5, 0.6) is 0 Å². The molecule has 1 aromatic rings. The number of thiol groups is 1. The zero-order chi connectivity index (χ0) is 12.0. The van der Waals surface area contributed by atoms with Crippen LogP contribution in [0.25, 0.3) is 0 Å². The van der Waals surface area contributed by atoms with Crippen LogP contribution in [0.3, 0.4) is 0 Å². The molecule has 1 amide bonds. The molecule has 1 aromatic carbocycles. The Bertz CT molecular complexity index is 393. The van der Waals surface area contributed by atoms with Crippen LogP contribution >= 0.6 is 12.6 Å². The van der Waals surface area contributed by atoms with E-state index in [1.165, 1.54) is 0 Å². The Morgan fingerprint density at radius 3 is 2.88 bits per heavy atom. The van der Waals surface area contributed by atoms with Gasteiger partial charge in [0.2, 0.25) is 0 Å². The summed E-state index contributed by atoms with van der Waals surface area (Å²) in [6.45, 7) is 0.551. The Hall–Kier alpha value is -0.810. The molecule has 1 unspecified atom stereocenters. The number of carbonyl (C=O) groups is 1. The maximum atomic E-state index is 11.6.